The van der Waals surface area contributed by atoms with Gasteiger partial charge in [0.1, 0.15) is 46.5 Å². The van der Waals surface area contributed by atoms with E-state index in [-0.39, 0.29) is 22.1 Å². The molecule has 2 aliphatic rings. The topological polar surface area (TPSA) is 0 Å². The minimum atomic E-state index is -4.07. The van der Waals surface area contributed by atoms with Crippen molar-refractivity contribution in [3.63, 3.8) is 0 Å². The van der Waals surface area contributed by atoms with E-state index in [1.165, 1.54) is 50.2 Å². The number of fused-ring (bicyclic) bond motifs is 2. The molecule has 2 heterocycles. The zero-order chi connectivity index (χ0) is 51.0. The Morgan fingerprint density at radius 1 is 0.279 bits per heavy atom. The van der Waals surface area contributed by atoms with E-state index in [9.17, 15) is 52.7 Å². The third kappa shape index (κ3) is 6.03. The molecule has 0 aliphatic carbocycles. The molecule has 0 saturated heterocycles. The van der Waals surface area contributed by atoms with Crippen LogP contribution in [0.25, 0.3) is 0 Å². The fraction of sp³-hybridized carbons (Fsp3) is 0.182. The van der Waals surface area contributed by atoms with Crippen LogP contribution in [0.5, 0.6) is 0 Å². The first kappa shape index (κ1) is 49.9. The van der Waals surface area contributed by atoms with Crippen LogP contribution in [0.2, 0.25) is 0 Å². The molecule has 0 fully saturated rings. The SMILES string of the molecule is C[C@H]1c2ccccc2[B-](c2c(F)c(F)c(F)c(F)c2F)(c2c(F)c(F)c(F)c(F)c2F)[N+]1(C)C.C[C@H]1c2ccccc2[B-](c2c(F)c(F)c(F)c(F)c2F)(c2c(F)c(F)c(F)c(F)c2F)[N+]1(C)C. The Balaban J connectivity index is 0.000000201. The summed E-state index contributed by atoms with van der Waals surface area (Å²) < 4.78 is 291. The van der Waals surface area contributed by atoms with Crippen molar-refractivity contribution in [3.05, 3.63) is 176 Å². The van der Waals surface area contributed by atoms with E-state index in [4.69, 9.17) is 0 Å². The molecule has 0 radical (unpaired) electrons. The van der Waals surface area contributed by atoms with Crippen molar-refractivity contribution in [2.24, 2.45) is 0 Å². The monoisotopic (exact) mass is 986 g/mol. The Morgan fingerprint density at radius 3 is 0.632 bits per heavy atom. The van der Waals surface area contributed by atoms with E-state index < -0.39 is 172 Å². The third-order valence-corrected chi connectivity index (χ3v) is 14.4. The highest BCUT2D eigenvalue weighted by Gasteiger charge is 2.63. The third-order valence-electron chi connectivity index (χ3n) is 14.4. The van der Waals surface area contributed by atoms with Crippen molar-refractivity contribution < 1.29 is 96.6 Å². The summed E-state index contributed by atoms with van der Waals surface area (Å²) in [7, 11) is 4.61. The summed E-state index contributed by atoms with van der Waals surface area (Å²) in [6.45, 7) is 2.86. The van der Waals surface area contributed by atoms with E-state index in [1.54, 1.807) is 0 Å². The minimum absolute atomic E-state index is 0.167. The van der Waals surface area contributed by atoms with Gasteiger partial charge in [0.25, 0.3) is 0 Å². The summed E-state index contributed by atoms with van der Waals surface area (Å²) in [4.78, 5) is 0. The highest BCUT2D eigenvalue weighted by Crippen LogP contribution is 2.43. The molecule has 2 aliphatic heterocycles. The van der Waals surface area contributed by atoms with Gasteiger partial charge in [-0.3, -0.25) is 0 Å². The molecule has 2 atom stereocenters. The van der Waals surface area contributed by atoms with Crippen molar-refractivity contribution >= 4 is 45.3 Å². The fourth-order valence-corrected chi connectivity index (χ4v) is 10.8. The van der Waals surface area contributed by atoms with E-state index in [1.807, 2.05) is 0 Å². The second-order valence-corrected chi connectivity index (χ2v) is 17.4. The Hall–Kier alpha value is -6.03. The highest BCUT2D eigenvalue weighted by molar-refractivity contribution is 7.08. The summed E-state index contributed by atoms with van der Waals surface area (Å²) >= 11 is 0. The Bertz CT molecular complexity index is 2690. The van der Waals surface area contributed by atoms with Crippen molar-refractivity contribution in [3.8, 4) is 0 Å². The maximum atomic E-state index is 15.3. The number of benzene rings is 6. The Morgan fingerprint density at radius 2 is 0.441 bits per heavy atom. The molecule has 2 nitrogen and oxygen atoms in total. The standard InChI is InChI=1S/2C22H14BF10N/c2*1-8-9-6-4-5-7-10(9)23(34(8,2)3,11-13(24)17(28)21(32)18(29)14(11)25)12-15(26)19(30)22(33)20(31)16(12)27/h2*4-8H,1-3H3/t2*8-/m00/s1. The van der Waals surface area contributed by atoms with Gasteiger partial charge in [0.2, 0.25) is 0 Å². The van der Waals surface area contributed by atoms with Gasteiger partial charge in [0.05, 0.1) is 12.1 Å². The van der Waals surface area contributed by atoms with Crippen LogP contribution >= 0.6 is 0 Å². The van der Waals surface area contributed by atoms with Crippen LogP contribution in [0.3, 0.4) is 0 Å². The first-order valence-corrected chi connectivity index (χ1v) is 19.7. The van der Waals surface area contributed by atoms with Crippen molar-refractivity contribution in [1.82, 2.24) is 0 Å². The van der Waals surface area contributed by atoms with Crippen LogP contribution in [0.15, 0.2) is 48.5 Å². The van der Waals surface area contributed by atoms with Crippen LogP contribution in [0.4, 0.5) is 87.8 Å². The van der Waals surface area contributed by atoms with Gasteiger partial charge in [-0.15, -0.1) is 10.9 Å². The minimum Gasteiger partial charge on any atom is -0.503 e. The molecule has 6 aromatic rings. The number of hydrogen-bond donors (Lipinski definition) is 0. The highest BCUT2D eigenvalue weighted by atomic mass is 19.2. The zero-order valence-electron chi connectivity index (χ0n) is 35.4. The molecule has 0 N–H and O–H groups in total. The summed E-state index contributed by atoms with van der Waals surface area (Å²) in [6.07, 6.45) is -8.14. The molecule has 0 aromatic heterocycles. The predicted octanol–water partition coefficient (Wildman–Crippen LogP) is 8.39. The molecule has 360 valence electrons. The van der Waals surface area contributed by atoms with Gasteiger partial charge >= 0.3 is 12.6 Å². The molecule has 68 heavy (non-hydrogen) atoms. The van der Waals surface area contributed by atoms with Crippen LogP contribution < -0.4 is 32.8 Å². The van der Waals surface area contributed by atoms with Gasteiger partial charge in [-0.1, -0.05) is 70.4 Å². The van der Waals surface area contributed by atoms with Crippen LogP contribution in [0, 0.1) is 116 Å². The smallest absolute Gasteiger partial charge is 0.303 e. The lowest BCUT2D eigenvalue weighted by Crippen LogP contribution is -2.82. The van der Waals surface area contributed by atoms with Crippen molar-refractivity contribution in [2.45, 2.75) is 25.9 Å². The average Bonchev–Trinajstić information content (AvgIpc) is 3.59. The normalized spacial score (nSPS) is 18.3. The van der Waals surface area contributed by atoms with E-state index in [0.29, 0.717) is 0 Å². The molecule has 0 unspecified atom stereocenters. The molecule has 24 heteroatoms. The summed E-state index contributed by atoms with van der Waals surface area (Å²) in [5, 5.41) is 0. The molecule has 8 rings (SSSR count). The quantitative estimate of drug-likeness (QED) is 0.0722. The van der Waals surface area contributed by atoms with Crippen LogP contribution in [-0.4, -0.2) is 49.5 Å². The Kier molecular flexibility index (Phi) is 12.0. The molecule has 0 saturated carbocycles. The number of hydrogen-bond acceptors (Lipinski definition) is 0. The first-order valence-electron chi connectivity index (χ1n) is 19.7. The van der Waals surface area contributed by atoms with Gasteiger partial charge in [0.15, 0.2) is 69.8 Å². The van der Waals surface area contributed by atoms with Gasteiger partial charge in [0, 0.05) is 28.2 Å². The molecule has 0 amide bonds. The predicted molar refractivity (Wildman–Crippen MR) is 208 cm³/mol. The summed E-state index contributed by atoms with van der Waals surface area (Å²) in [5.74, 6) is -49.0. The molecule has 0 bridgehead atoms. The fourth-order valence-electron chi connectivity index (χ4n) is 10.8. The van der Waals surface area contributed by atoms with Gasteiger partial charge in [-0.2, -0.15) is 0 Å². The second kappa shape index (κ2) is 16.3. The molecular weight excluding hydrogens is 958 g/mol. The van der Waals surface area contributed by atoms with Crippen LogP contribution in [0.1, 0.15) is 37.1 Å². The number of rotatable bonds is 4. The number of nitrogens with zero attached hydrogens (tertiary/aromatic N) is 2. The second-order valence-electron chi connectivity index (χ2n) is 17.4. The summed E-state index contributed by atoms with van der Waals surface area (Å²) in [5.41, 5.74) is -7.04. The molecular formula is C44H28B2F20N2. The maximum Gasteiger partial charge on any atom is 0.303 e. The number of quaternary nitrogens is 2. The number of halogens is 20. The van der Waals surface area contributed by atoms with E-state index in [2.05, 4.69) is 0 Å². The molecule has 6 aromatic carbocycles. The van der Waals surface area contributed by atoms with E-state index >= 15 is 35.1 Å². The van der Waals surface area contributed by atoms with Gasteiger partial charge < -0.3 is 8.79 Å². The van der Waals surface area contributed by atoms with Crippen molar-refractivity contribution in [2.75, 3.05) is 28.2 Å². The van der Waals surface area contributed by atoms with Gasteiger partial charge in [-0.25, -0.2) is 87.8 Å². The lowest BCUT2D eigenvalue weighted by Gasteiger charge is -2.54. The lowest BCUT2D eigenvalue weighted by molar-refractivity contribution is -0.815. The maximum absolute atomic E-state index is 15.3. The van der Waals surface area contributed by atoms with Crippen LogP contribution in [-0.2, 0) is 0 Å². The average molecular weight is 986 g/mol. The van der Waals surface area contributed by atoms with Crippen molar-refractivity contribution in [1.29, 1.82) is 0 Å². The molecule has 0 spiro atoms. The first-order chi connectivity index (χ1) is 31.5. The lowest BCUT2D eigenvalue weighted by atomic mass is 9.22. The largest absolute Gasteiger partial charge is 0.503 e. The Labute approximate surface area is 371 Å². The summed E-state index contributed by atoms with van der Waals surface area (Å²) in [6, 6.07) is 8.50. The van der Waals surface area contributed by atoms with Gasteiger partial charge in [-0.05, 0) is 25.0 Å². The zero-order valence-corrected chi connectivity index (χ0v) is 35.4. The van der Waals surface area contributed by atoms with E-state index in [0.717, 1.165) is 40.3 Å².